The zero-order valence-electron chi connectivity index (χ0n) is 11.7. The van der Waals surface area contributed by atoms with Crippen molar-refractivity contribution in [2.24, 2.45) is 0 Å². The van der Waals surface area contributed by atoms with Crippen LogP contribution in [0.1, 0.15) is 37.4 Å². The fourth-order valence-electron chi connectivity index (χ4n) is 2.49. The molecule has 1 aliphatic heterocycles. The summed E-state index contributed by atoms with van der Waals surface area (Å²) in [4.78, 5) is 19.6. The molecule has 0 aromatic carbocycles. The van der Waals surface area contributed by atoms with E-state index in [0.29, 0.717) is 12.5 Å². The Morgan fingerprint density at radius 1 is 1.40 bits per heavy atom. The maximum absolute atomic E-state index is 11.0. The maximum Gasteiger partial charge on any atom is 0.320 e. The van der Waals surface area contributed by atoms with Gasteiger partial charge >= 0.3 is 5.97 Å². The van der Waals surface area contributed by atoms with E-state index in [1.54, 1.807) is 6.92 Å². The van der Waals surface area contributed by atoms with E-state index < -0.39 is 12.0 Å². The van der Waals surface area contributed by atoms with Crippen molar-refractivity contribution in [3.63, 3.8) is 0 Å². The van der Waals surface area contributed by atoms with Gasteiger partial charge in [0.15, 0.2) is 5.82 Å². The number of hydrogen-bond donors (Lipinski definition) is 1. The average molecular weight is 280 g/mol. The van der Waals surface area contributed by atoms with Crippen molar-refractivity contribution in [3.8, 4) is 0 Å². The predicted molar refractivity (Wildman–Crippen MR) is 70.2 cm³/mol. The lowest BCUT2D eigenvalue weighted by molar-refractivity contribution is -0.143. The van der Waals surface area contributed by atoms with Crippen molar-refractivity contribution >= 4 is 5.97 Å². The van der Waals surface area contributed by atoms with Crippen molar-refractivity contribution in [1.29, 1.82) is 0 Å². The summed E-state index contributed by atoms with van der Waals surface area (Å²) in [6.45, 7) is 5.63. The van der Waals surface area contributed by atoms with Gasteiger partial charge < -0.3 is 9.63 Å². The molecule has 0 radical (unpaired) electrons. The molecule has 1 aliphatic carbocycles. The number of hydrogen-bond acceptors (Lipinski definition) is 6. The number of piperazine rings is 1. The lowest BCUT2D eigenvalue weighted by Gasteiger charge is -2.35. The van der Waals surface area contributed by atoms with Gasteiger partial charge in [-0.2, -0.15) is 4.98 Å². The van der Waals surface area contributed by atoms with Crippen LogP contribution in [0.2, 0.25) is 0 Å². The molecule has 7 nitrogen and oxygen atoms in total. The van der Waals surface area contributed by atoms with Crippen LogP contribution in [0.25, 0.3) is 0 Å². The molecule has 20 heavy (non-hydrogen) atoms. The van der Waals surface area contributed by atoms with E-state index in [1.807, 2.05) is 4.90 Å². The van der Waals surface area contributed by atoms with E-state index in [-0.39, 0.29) is 0 Å². The Labute approximate surface area is 117 Å². The first-order valence-electron chi connectivity index (χ1n) is 7.15. The molecule has 1 unspecified atom stereocenters. The Balaban J connectivity index is 1.49. The topological polar surface area (TPSA) is 82.7 Å². The Kier molecular flexibility index (Phi) is 3.71. The van der Waals surface area contributed by atoms with Crippen LogP contribution in [0.4, 0.5) is 0 Å². The van der Waals surface area contributed by atoms with Crippen LogP contribution in [0.5, 0.6) is 0 Å². The molecule has 1 aromatic rings. The van der Waals surface area contributed by atoms with Crippen molar-refractivity contribution < 1.29 is 14.4 Å². The van der Waals surface area contributed by atoms with Gasteiger partial charge in [0.25, 0.3) is 0 Å². The molecule has 2 fully saturated rings. The molecule has 7 heteroatoms. The van der Waals surface area contributed by atoms with Crippen LogP contribution in [0, 0.1) is 0 Å². The third kappa shape index (κ3) is 2.99. The summed E-state index contributed by atoms with van der Waals surface area (Å²) < 4.78 is 5.25. The highest BCUT2D eigenvalue weighted by Gasteiger charge is 2.30. The Morgan fingerprint density at radius 3 is 2.70 bits per heavy atom. The molecule has 2 heterocycles. The minimum Gasteiger partial charge on any atom is -0.480 e. The highest BCUT2D eigenvalue weighted by Crippen LogP contribution is 2.38. The number of carboxylic acids is 1. The number of rotatable bonds is 5. The predicted octanol–water partition coefficient (Wildman–Crippen LogP) is 0.538. The Bertz CT molecular complexity index is 478. The standard InChI is InChI=1S/C13H20N4O3/c1-9(13(18)19)17-6-4-16(5-7-17)8-11-14-12(20-15-11)10-2-3-10/h9-10H,2-8H2,1H3,(H,18,19). The van der Waals surface area contributed by atoms with Gasteiger partial charge in [-0.25, -0.2) is 0 Å². The molecule has 3 rings (SSSR count). The average Bonchev–Trinajstić information content (AvgIpc) is 3.20. The lowest BCUT2D eigenvalue weighted by Crippen LogP contribution is -2.51. The summed E-state index contributed by atoms with van der Waals surface area (Å²) in [5, 5.41) is 13.0. The minimum absolute atomic E-state index is 0.413. The molecular formula is C13H20N4O3. The summed E-state index contributed by atoms with van der Waals surface area (Å²) in [6, 6.07) is -0.413. The third-order valence-electron chi connectivity index (χ3n) is 4.09. The smallest absolute Gasteiger partial charge is 0.320 e. The van der Waals surface area contributed by atoms with Gasteiger partial charge in [-0.15, -0.1) is 0 Å². The van der Waals surface area contributed by atoms with Crippen LogP contribution in [0.15, 0.2) is 4.52 Å². The summed E-state index contributed by atoms with van der Waals surface area (Å²) >= 11 is 0. The van der Waals surface area contributed by atoms with Crippen LogP contribution in [-0.4, -0.2) is 63.2 Å². The highest BCUT2D eigenvalue weighted by molar-refractivity contribution is 5.72. The van der Waals surface area contributed by atoms with Gasteiger partial charge in [-0.1, -0.05) is 5.16 Å². The molecule has 0 spiro atoms. The number of nitrogens with zero attached hydrogens (tertiary/aromatic N) is 4. The summed E-state index contributed by atoms with van der Waals surface area (Å²) in [7, 11) is 0. The van der Waals surface area contributed by atoms with Gasteiger partial charge in [-0.05, 0) is 19.8 Å². The van der Waals surface area contributed by atoms with Crippen molar-refractivity contribution in [1.82, 2.24) is 19.9 Å². The summed E-state index contributed by atoms with van der Waals surface area (Å²) in [5.41, 5.74) is 0. The Hall–Kier alpha value is -1.47. The highest BCUT2D eigenvalue weighted by atomic mass is 16.5. The van der Waals surface area contributed by atoms with Crippen molar-refractivity contribution in [2.75, 3.05) is 26.2 Å². The third-order valence-corrected chi connectivity index (χ3v) is 4.09. The monoisotopic (exact) mass is 280 g/mol. The second-order valence-corrected chi connectivity index (χ2v) is 5.65. The van der Waals surface area contributed by atoms with Crippen LogP contribution in [0.3, 0.4) is 0 Å². The quantitative estimate of drug-likeness (QED) is 0.842. The minimum atomic E-state index is -0.759. The van der Waals surface area contributed by atoms with E-state index in [1.165, 1.54) is 0 Å². The first-order chi connectivity index (χ1) is 9.63. The summed E-state index contributed by atoms with van der Waals surface area (Å²) in [5.74, 6) is 1.25. The van der Waals surface area contributed by atoms with Crippen LogP contribution < -0.4 is 0 Å². The molecule has 2 aliphatic rings. The van der Waals surface area contributed by atoms with Gasteiger partial charge in [-0.3, -0.25) is 14.6 Å². The number of carbonyl (C=O) groups is 1. The van der Waals surface area contributed by atoms with E-state index in [2.05, 4.69) is 15.0 Å². The molecule has 1 saturated carbocycles. The molecule has 1 atom stereocenters. The molecule has 110 valence electrons. The second-order valence-electron chi connectivity index (χ2n) is 5.65. The number of aromatic nitrogens is 2. The summed E-state index contributed by atoms with van der Waals surface area (Å²) in [6.07, 6.45) is 2.32. The first-order valence-corrected chi connectivity index (χ1v) is 7.15. The van der Waals surface area contributed by atoms with Gasteiger partial charge in [0.2, 0.25) is 5.89 Å². The fourth-order valence-corrected chi connectivity index (χ4v) is 2.49. The lowest BCUT2D eigenvalue weighted by atomic mass is 10.2. The van der Waals surface area contributed by atoms with Gasteiger partial charge in [0.1, 0.15) is 6.04 Å². The molecular weight excluding hydrogens is 260 g/mol. The van der Waals surface area contributed by atoms with Crippen molar-refractivity contribution in [2.45, 2.75) is 38.3 Å². The van der Waals surface area contributed by atoms with Crippen molar-refractivity contribution in [3.05, 3.63) is 11.7 Å². The number of aliphatic carboxylic acids is 1. The SMILES string of the molecule is CC(C(=O)O)N1CCN(Cc2noc(C3CC3)n2)CC1. The second kappa shape index (κ2) is 5.49. The van der Waals surface area contributed by atoms with E-state index in [4.69, 9.17) is 9.63 Å². The van der Waals surface area contributed by atoms with Gasteiger partial charge in [0, 0.05) is 32.1 Å². The van der Waals surface area contributed by atoms with E-state index in [9.17, 15) is 4.79 Å². The van der Waals surface area contributed by atoms with Crippen LogP contribution in [-0.2, 0) is 11.3 Å². The van der Waals surface area contributed by atoms with E-state index in [0.717, 1.165) is 50.7 Å². The van der Waals surface area contributed by atoms with Gasteiger partial charge in [0.05, 0.1) is 6.54 Å². The zero-order valence-corrected chi connectivity index (χ0v) is 11.7. The first kappa shape index (κ1) is 13.5. The largest absolute Gasteiger partial charge is 0.480 e. The molecule has 1 saturated heterocycles. The van der Waals surface area contributed by atoms with Crippen LogP contribution >= 0.6 is 0 Å². The fraction of sp³-hybridized carbons (Fsp3) is 0.769. The maximum atomic E-state index is 11.0. The molecule has 1 N–H and O–H groups in total. The molecule has 0 bridgehead atoms. The van der Waals surface area contributed by atoms with E-state index >= 15 is 0 Å². The zero-order chi connectivity index (χ0) is 14.1. The molecule has 1 aromatic heterocycles. The number of carboxylic acid groups (broad SMARTS) is 1. The normalized spacial score (nSPS) is 22.9. The molecule has 0 amide bonds. The Morgan fingerprint density at radius 2 is 2.10 bits per heavy atom.